The van der Waals surface area contributed by atoms with Crippen molar-refractivity contribution in [3.05, 3.63) is 83.4 Å². The van der Waals surface area contributed by atoms with E-state index in [-0.39, 0.29) is 11.1 Å². The fraction of sp³-hybridized carbons (Fsp3) is 0.143. The number of aromatic nitrogens is 1. The lowest BCUT2D eigenvalue weighted by molar-refractivity contribution is 0.999. The first-order valence-electron chi connectivity index (χ1n) is 11.4. The fourth-order valence-electron chi connectivity index (χ4n) is 5.00. The lowest BCUT2D eigenvalue weighted by Gasteiger charge is -2.03. The van der Waals surface area contributed by atoms with E-state index < -0.39 is 0 Å². The Kier molecular flexibility index (Phi) is 4.98. The number of hydrogen-bond acceptors (Lipinski definition) is 7. The van der Waals surface area contributed by atoms with Crippen molar-refractivity contribution < 1.29 is 0 Å². The maximum Gasteiger partial charge on any atom is 0.267 e. The molecule has 0 N–H and O–H groups in total. The smallest absolute Gasteiger partial charge is 0.267 e. The molecule has 8 heteroatoms. The summed E-state index contributed by atoms with van der Waals surface area (Å²) in [6, 6.07) is 12.2. The highest BCUT2D eigenvalue weighted by Crippen LogP contribution is 2.46. The fourth-order valence-corrected chi connectivity index (χ4v) is 10.4. The van der Waals surface area contributed by atoms with Crippen LogP contribution >= 0.6 is 56.7 Å². The first-order valence-corrected chi connectivity index (χ1v) is 15.6. The van der Waals surface area contributed by atoms with Crippen molar-refractivity contribution in [1.82, 2.24) is 4.57 Å². The predicted octanol–water partition coefficient (Wildman–Crippen LogP) is 9.02. The van der Waals surface area contributed by atoms with Crippen molar-refractivity contribution in [1.29, 1.82) is 0 Å². The topological polar surface area (TPSA) is 39.1 Å². The number of fused-ring (bicyclic) bond motifs is 5. The van der Waals surface area contributed by atoms with Gasteiger partial charge in [0.05, 0.1) is 20.2 Å². The van der Waals surface area contributed by atoms with Crippen LogP contribution in [-0.2, 0) is 0 Å². The quantitative estimate of drug-likeness (QED) is 0.211. The summed E-state index contributed by atoms with van der Waals surface area (Å²) in [6.07, 6.45) is 0. The molecule has 7 aromatic rings. The van der Waals surface area contributed by atoms with E-state index in [1.54, 1.807) is 34.0 Å². The van der Waals surface area contributed by atoms with Gasteiger partial charge in [0.15, 0.2) is 0 Å². The molecule has 6 aromatic heterocycles. The predicted molar refractivity (Wildman–Crippen MR) is 162 cm³/mol. The van der Waals surface area contributed by atoms with Gasteiger partial charge in [0.25, 0.3) is 11.1 Å². The van der Waals surface area contributed by atoms with Crippen molar-refractivity contribution in [3.8, 4) is 14.8 Å². The first kappa shape index (κ1) is 22.6. The number of benzene rings is 1. The molecule has 0 saturated heterocycles. The molecule has 0 aliphatic carbocycles. The van der Waals surface area contributed by atoms with Crippen LogP contribution in [0.25, 0.3) is 55.1 Å². The van der Waals surface area contributed by atoms with E-state index >= 15 is 0 Å². The van der Waals surface area contributed by atoms with E-state index in [9.17, 15) is 9.59 Å². The molecule has 178 valence electrons. The van der Waals surface area contributed by atoms with Gasteiger partial charge in [0.1, 0.15) is 5.00 Å². The van der Waals surface area contributed by atoms with Gasteiger partial charge < -0.3 is 0 Å². The summed E-state index contributed by atoms with van der Waals surface area (Å²) >= 11 is 8.29. The van der Waals surface area contributed by atoms with Crippen molar-refractivity contribution in [2.24, 2.45) is 0 Å². The number of hydrogen-bond donors (Lipinski definition) is 0. The molecule has 6 heterocycles. The Morgan fingerprint density at radius 1 is 0.611 bits per heavy atom. The summed E-state index contributed by atoms with van der Waals surface area (Å²) in [6.45, 7) is 8.62. The molecular weight excluding hydrogens is 543 g/mol. The van der Waals surface area contributed by atoms with Gasteiger partial charge in [-0.05, 0) is 91.4 Å². The molecule has 0 spiro atoms. The zero-order chi connectivity index (χ0) is 24.9. The minimum Gasteiger partial charge on any atom is -0.268 e. The van der Waals surface area contributed by atoms with E-state index in [2.05, 4.69) is 32.9 Å². The van der Waals surface area contributed by atoms with Gasteiger partial charge in [0.2, 0.25) is 0 Å². The molecule has 0 bridgehead atoms. The molecule has 0 radical (unpaired) electrons. The molecule has 0 saturated carbocycles. The molecule has 1 aromatic carbocycles. The molecule has 0 fully saturated rings. The summed E-state index contributed by atoms with van der Waals surface area (Å²) < 4.78 is 5.83. The van der Waals surface area contributed by atoms with Crippen LogP contribution in [0.4, 0.5) is 0 Å². The number of rotatable bonds is 2. The summed E-state index contributed by atoms with van der Waals surface area (Å²) in [5.41, 5.74) is 2.16. The highest BCUT2D eigenvalue weighted by atomic mass is 32.1. The standard InChI is InChI=1S/C28H19NO2S5/c1-12-8-16-14(3)24-17(15(4)23(16)33-12)10-20(35-24)21-11-19-26(36-21)25-18(9-13(2)34-25)27(30)29(28(19)31)22-6-5-7-32-22/h5-11H,1-4H3. The van der Waals surface area contributed by atoms with Crippen LogP contribution in [0.2, 0.25) is 0 Å². The van der Waals surface area contributed by atoms with E-state index in [4.69, 9.17) is 0 Å². The lowest BCUT2D eigenvalue weighted by Crippen LogP contribution is -2.27. The normalized spacial score (nSPS) is 12.1. The van der Waals surface area contributed by atoms with Crippen LogP contribution in [0.5, 0.6) is 0 Å². The minimum absolute atomic E-state index is 0.241. The SMILES string of the molecule is Cc1cc2c(C)c3sc(-c4cc5c(=O)n(-c6cccs6)c(=O)c6cc(C)sc6c5s4)cc3c(C)c2s1. The van der Waals surface area contributed by atoms with Gasteiger partial charge in [-0.25, -0.2) is 4.57 Å². The lowest BCUT2D eigenvalue weighted by atomic mass is 10.0. The molecule has 3 nitrogen and oxygen atoms in total. The van der Waals surface area contributed by atoms with Crippen LogP contribution < -0.4 is 11.1 Å². The van der Waals surface area contributed by atoms with E-state index in [0.29, 0.717) is 15.8 Å². The minimum atomic E-state index is -0.245. The Morgan fingerprint density at radius 3 is 1.78 bits per heavy atom. The molecule has 0 aliphatic rings. The number of aryl methyl sites for hydroxylation is 4. The van der Waals surface area contributed by atoms with Gasteiger partial charge in [0, 0.05) is 28.9 Å². The van der Waals surface area contributed by atoms with Crippen molar-refractivity contribution >= 4 is 97.0 Å². The van der Waals surface area contributed by atoms with Crippen LogP contribution in [-0.4, -0.2) is 4.57 Å². The molecule has 0 aliphatic heterocycles. The molecule has 0 amide bonds. The van der Waals surface area contributed by atoms with Gasteiger partial charge in [-0.1, -0.05) is 0 Å². The maximum absolute atomic E-state index is 13.8. The van der Waals surface area contributed by atoms with Crippen molar-refractivity contribution in [3.63, 3.8) is 0 Å². The highest BCUT2D eigenvalue weighted by Gasteiger charge is 2.20. The summed E-state index contributed by atoms with van der Waals surface area (Å²) in [7, 11) is 0. The second-order valence-corrected chi connectivity index (χ2v) is 14.6. The second kappa shape index (κ2) is 7.94. The van der Waals surface area contributed by atoms with Crippen LogP contribution in [0.15, 0.2) is 51.4 Å². The summed E-state index contributed by atoms with van der Waals surface area (Å²) in [4.78, 5) is 32.0. The molecule has 0 atom stereocenters. The Hall–Kier alpha value is -2.62. The molecule has 0 unspecified atom stereocenters. The van der Waals surface area contributed by atoms with Crippen molar-refractivity contribution in [2.75, 3.05) is 0 Å². The first-order chi connectivity index (χ1) is 17.3. The Balaban J connectivity index is 1.57. The number of nitrogens with zero attached hydrogens (tertiary/aromatic N) is 1. The molecular formula is C28H19NO2S5. The van der Waals surface area contributed by atoms with E-state index in [0.717, 1.165) is 19.2 Å². The maximum atomic E-state index is 13.8. The largest absolute Gasteiger partial charge is 0.268 e. The Bertz CT molecular complexity index is 2070. The summed E-state index contributed by atoms with van der Waals surface area (Å²) in [5, 5.41) is 6.42. The van der Waals surface area contributed by atoms with Crippen molar-refractivity contribution in [2.45, 2.75) is 27.7 Å². The average Bonchev–Trinajstić information content (AvgIpc) is 3.65. The third-order valence-corrected chi connectivity index (χ3v) is 12.5. The van der Waals surface area contributed by atoms with Gasteiger partial charge in [-0.15, -0.1) is 56.7 Å². The van der Waals surface area contributed by atoms with Crippen LogP contribution in [0.1, 0.15) is 20.9 Å². The summed E-state index contributed by atoms with van der Waals surface area (Å²) in [5.74, 6) is 0. The zero-order valence-corrected chi connectivity index (χ0v) is 23.9. The molecule has 36 heavy (non-hydrogen) atoms. The van der Waals surface area contributed by atoms with Crippen LogP contribution in [0, 0.1) is 27.7 Å². The van der Waals surface area contributed by atoms with E-state index in [1.165, 1.54) is 57.0 Å². The van der Waals surface area contributed by atoms with Gasteiger partial charge >= 0.3 is 0 Å². The monoisotopic (exact) mass is 561 g/mol. The van der Waals surface area contributed by atoms with Gasteiger partial charge in [-0.2, -0.15) is 0 Å². The van der Waals surface area contributed by atoms with E-state index in [1.807, 2.05) is 47.9 Å². The second-order valence-electron chi connectivity index (χ2n) is 9.05. The Morgan fingerprint density at radius 2 is 1.11 bits per heavy atom. The molecule has 7 rings (SSSR count). The average molecular weight is 562 g/mol. The third kappa shape index (κ3) is 3.12. The van der Waals surface area contributed by atoms with Crippen LogP contribution in [0.3, 0.4) is 0 Å². The zero-order valence-electron chi connectivity index (χ0n) is 19.8. The number of thiophene rings is 5. The van der Waals surface area contributed by atoms with Gasteiger partial charge in [-0.3, -0.25) is 9.59 Å². The third-order valence-electron chi connectivity index (χ3n) is 6.71. The Labute approximate surface area is 226 Å². The highest BCUT2D eigenvalue weighted by molar-refractivity contribution is 7.31.